The molecular formula is C19H27N3O3. The summed E-state index contributed by atoms with van der Waals surface area (Å²) in [4.78, 5) is 30.5. The molecule has 2 saturated heterocycles. The van der Waals surface area contributed by atoms with E-state index in [0.717, 1.165) is 6.42 Å². The van der Waals surface area contributed by atoms with Crippen LogP contribution in [0.5, 0.6) is 0 Å². The molecule has 1 aromatic rings. The predicted octanol–water partition coefficient (Wildman–Crippen LogP) is 1.52. The van der Waals surface area contributed by atoms with E-state index in [1.54, 1.807) is 0 Å². The summed E-state index contributed by atoms with van der Waals surface area (Å²) in [5.74, 6) is 0.182. The van der Waals surface area contributed by atoms with Gasteiger partial charge in [-0.05, 0) is 24.5 Å². The van der Waals surface area contributed by atoms with Gasteiger partial charge in [-0.25, -0.2) is 4.79 Å². The average molecular weight is 345 g/mol. The van der Waals surface area contributed by atoms with Gasteiger partial charge in [0, 0.05) is 45.7 Å². The van der Waals surface area contributed by atoms with Crippen LogP contribution in [-0.4, -0.2) is 79.1 Å². The van der Waals surface area contributed by atoms with E-state index >= 15 is 0 Å². The van der Waals surface area contributed by atoms with Crippen LogP contribution in [0.2, 0.25) is 0 Å². The maximum absolute atomic E-state index is 12.5. The minimum absolute atomic E-state index is 0.0790. The Labute approximate surface area is 149 Å². The Hall–Kier alpha value is -2.08. The second-order valence-corrected chi connectivity index (χ2v) is 6.68. The monoisotopic (exact) mass is 345 g/mol. The number of carbonyl (C=O) groups excluding carboxylic acids is 2. The molecule has 0 aromatic heterocycles. The van der Waals surface area contributed by atoms with Gasteiger partial charge in [-0.1, -0.05) is 24.3 Å². The van der Waals surface area contributed by atoms with E-state index in [9.17, 15) is 9.59 Å². The molecule has 0 aliphatic carbocycles. The third kappa shape index (κ3) is 4.51. The molecule has 1 aromatic carbocycles. The highest BCUT2D eigenvalue weighted by atomic mass is 16.5. The smallest absolute Gasteiger partial charge is 0.320 e. The van der Waals surface area contributed by atoms with Crippen LogP contribution in [0, 0.1) is 6.92 Å². The molecule has 25 heavy (non-hydrogen) atoms. The van der Waals surface area contributed by atoms with E-state index in [2.05, 4.69) is 19.1 Å². The summed E-state index contributed by atoms with van der Waals surface area (Å²) in [6.07, 6.45) is 1.31. The van der Waals surface area contributed by atoms with Crippen molar-refractivity contribution < 1.29 is 14.3 Å². The molecule has 0 spiro atoms. The number of ether oxygens (including phenoxy) is 1. The molecule has 0 atom stereocenters. The minimum Gasteiger partial charge on any atom is -0.378 e. The van der Waals surface area contributed by atoms with Crippen LogP contribution < -0.4 is 0 Å². The van der Waals surface area contributed by atoms with Crippen molar-refractivity contribution in [1.29, 1.82) is 0 Å². The second kappa shape index (κ2) is 8.34. The molecule has 0 unspecified atom stereocenters. The number of hydrogen-bond acceptors (Lipinski definition) is 3. The molecule has 2 heterocycles. The standard InChI is InChI=1S/C19H27N3O3/c1-16-4-2-3-5-17(16)6-7-18(23)20-8-10-21(11-9-20)19(24)22-12-14-25-15-13-22/h2-5H,6-15H2,1H3. The molecule has 3 rings (SSSR count). The Morgan fingerprint density at radius 3 is 2.20 bits per heavy atom. The summed E-state index contributed by atoms with van der Waals surface area (Å²) in [6, 6.07) is 8.28. The third-order valence-corrected chi connectivity index (χ3v) is 5.05. The van der Waals surface area contributed by atoms with E-state index in [0.29, 0.717) is 58.9 Å². The molecule has 2 fully saturated rings. The van der Waals surface area contributed by atoms with Crippen LogP contribution in [0.4, 0.5) is 4.79 Å². The van der Waals surface area contributed by atoms with Gasteiger partial charge in [0.25, 0.3) is 0 Å². The topological polar surface area (TPSA) is 53.1 Å². The number of hydrogen-bond donors (Lipinski definition) is 0. The van der Waals surface area contributed by atoms with E-state index in [4.69, 9.17) is 4.74 Å². The van der Waals surface area contributed by atoms with Crippen molar-refractivity contribution in [3.63, 3.8) is 0 Å². The van der Waals surface area contributed by atoms with E-state index in [1.807, 2.05) is 26.8 Å². The second-order valence-electron chi connectivity index (χ2n) is 6.68. The maximum Gasteiger partial charge on any atom is 0.320 e. The fourth-order valence-corrected chi connectivity index (χ4v) is 3.39. The van der Waals surface area contributed by atoms with Gasteiger partial charge in [0.1, 0.15) is 0 Å². The van der Waals surface area contributed by atoms with Crippen molar-refractivity contribution >= 4 is 11.9 Å². The van der Waals surface area contributed by atoms with Crippen LogP contribution in [0.3, 0.4) is 0 Å². The van der Waals surface area contributed by atoms with Crippen LogP contribution >= 0.6 is 0 Å². The molecule has 2 aliphatic heterocycles. The molecule has 0 radical (unpaired) electrons. The van der Waals surface area contributed by atoms with E-state index < -0.39 is 0 Å². The Morgan fingerprint density at radius 2 is 1.52 bits per heavy atom. The van der Waals surface area contributed by atoms with Gasteiger partial charge in [0.05, 0.1) is 13.2 Å². The minimum atomic E-state index is 0.0790. The van der Waals surface area contributed by atoms with Gasteiger partial charge in [-0.15, -0.1) is 0 Å². The Bertz CT molecular complexity index is 606. The lowest BCUT2D eigenvalue weighted by molar-refractivity contribution is -0.132. The maximum atomic E-state index is 12.5. The number of piperazine rings is 1. The van der Waals surface area contributed by atoms with Crippen LogP contribution in [0.25, 0.3) is 0 Å². The van der Waals surface area contributed by atoms with E-state index in [1.165, 1.54) is 11.1 Å². The Balaban J connectivity index is 1.44. The molecule has 0 saturated carbocycles. The van der Waals surface area contributed by atoms with Crippen LogP contribution in [-0.2, 0) is 16.0 Å². The number of morpholine rings is 1. The average Bonchev–Trinajstić information content (AvgIpc) is 2.67. The van der Waals surface area contributed by atoms with Gasteiger partial charge in [-0.3, -0.25) is 4.79 Å². The SMILES string of the molecule is Cc1ccccc1CCC(=O)N1CCN(C(=O)N2CCOCC2)CC1. The zero-order valence-electron chi connectivity index (χ0n) is 14.9. The highest BCUT2D eigenvalue weighted by Crippen LogP contribution is 2.13. The number of amides is 3. The lowest BCUT2D eigenvalue weighted by Crippen LogP contribution is -2.55. The summed E-state index contributed by atoms with van der Waals surface area (Å²) >= 11 is 0. The molecule has 2 aliphatic rings. The van der Waals surface area contributed by atoms with Gasteiger partial charge in [0.2, 0.25) is 5.91 Å². The zero-order valence-corrected chi connectivity index (χ0v) is 14.9. The number of carbonyl (C=O) groups is 2. The highest BCUT2D eigenvalue weighted by molar-refractivity contribution is 5.78. The number of benzene rings is 1. The summed E-state index contributed by atoms with van der Waals surface area (Å²) in [5, 5.41) is 0. The summed E-state index contributed by atoms with van der Waals surface area (Å²) in [5.41, 5.74) is 2.47. The van der Waals surface area contributed by atoms with Gasteiger partial charge < -0.3 is 19.4 Å². The lowest BCUT2D eigenvalue weighted by atomic mass is 10.0. The molecule has 3 amide bonds. The first kappa shape index (κ1) is 17.7. The van der Waals surface area contributed by atoms with Crippen molar-refractivity contribution in [1.82, 2.24) is 14.7 Å². The molecule has 0 bridgehead atoms. The molecule has 6 nitrogen and oxygen atoms in total. The first-order chi connectivity index (χ1) is 12.1. The fraction of sp³-hybridized carbons (Fsp3) is 0.579. The number of nitrogens with zero attached hydrogens (tertiary/aromatic N) is 3. The number of aryl methyl sites for hydroxylation is 2. The Morgan fingerprint density at radius 1 is 0.920 bits per heavy atom. The van der Waals surface area contributed by atoms with Crippen molar-refractivity contribution in [3.05, 3.63) is 35.4 Å². The highest BCUT2D eigenvalue weighted by Gasteiger charge is 2.27. The fourth-order valence-electron chi connectivity index (χ4n) is 3.39. The summed E-state index contributed by atoms with van der Waals surface area (Å²) in [6.45, 7) is 7.12. The van der Waals surface area contributed by atoms with Crippen molar-refractivity contribution in [2.24, 2.45) is 0 Å². The van der Waals surface area contributed by atoms with Crippen molar-refractivity contribution in [3.8, 4) is 0 Å². The predicted molar refractivity (Wildman–Crippen MR) is 95.4 cm³/mol. The van der Waals surface area contributed by atoms with Crippen LogP contribution in [0.15, 0.2) is 24.3 Å². The normalized spacial score (nSPS) is 18.4. The van der Waals surface area contributed by atoms with Crippen molar-refractivity contribution in [2.45, 2.75) is 19.8 Å². The van der Waals surface area contributed by atoms with Gasteiger partial charge in [-0.2, -0.15) is 0 Å². The van der Waals surface area contributed by atoms with Gasteiger partial charge in [0.15, 0.2) is 0 Å². The Kier molecular flexibility index (Phi) is 5.91. The van der Waals surface area contributed by atoms with Crippen LogP contribution in [0.1, 0.15) is 17.5 Å². The summed E-state index contributed by atoms with van der Waals surface area (Å²) in [7, 11) is 0. The first-order valence-corrected chi connectivity index (χ1v) is 9.09. The molecule has 136 valence electrons. The van der Waals surface area contributed by atoms with Gasteiger partial charge >= 0.3 is 6.03 Å². The largest absolute Gasteiger partial charge is 0.378 e. The molecular weight excluding hydrogens is 318 g/mol. The first-order valence-electron chi connectivity index (χ1n) is 9.09. The van der Waals surface area contributed by atoms with Crippen molar-refractivity contribution in [2.75, 3.05) is 52.5 Å². The van der Waals surface area contributed by atoms with E-state index in [-0.39, 0.29) is 11.9 Å². The lowest BCUT2D eigenvalue weighted by Gasteiger charge is -2.38. The quantitative estimate of drug-likeness (QED) is 0.835. The summed E-state index contributed by atoms with van der Waals surface area (Å²) < 4.78 is 5.29. The number of urea groups is 1. The molecule has 0 N–H and O–H groups in total. The third-order valence-electron chi connectivity index (χ3n) is 5.05. The molecule has 6 heteroatoms. The number of rotatable bonds is 3. The zero-order chi connectivity index (χ0) is 17.6.